The number of carbonyl (C=O) groups is 1. The average Bonchev–Trinajstić information content (AvgIpc) is 2.91. The van der Waals surface area contributed by atoms with E-state index in [1.54, 1.807) is 18.3 Å². The minimum atomic E-state index is -0.889. The highest BCUT2D eigenvalue weighted by atomic mass is 16.4. The first kappa shape index (κ1) is 11.2. The molecule has 0 saturated carbocycles. The van der Waals surface area contributed by atoms with Crippen LogP contribution >= 0.6 is 0 Å². The standard InChI is InChI=1S/C14H14N2O2/c17-14(18)10-7-9-3-1-6-16-13(9)11(8-10)12-4-2-5-15-12/h1,3,6-8,12,15H,2,4-5H2,(H,17,18). The van der Waals surface area contributed by atoms with Crippen LogP contribution in [-0.4, -0.2) is 22.6 Å². The largest absolute Gasteiger partial charge is 0.478 e. The third-order valence-corrected chi connectivity index (χ3v) is 3.42. The van der Waals surface area contributed by atoms with E-state index in [1.807, 2.05) is 12.1 Å². The number of rotatable bonds is 2. The molecule has 0 bridgehead atoms. The van der Waals surface area contributed by atoms with Crippen molar-refractivity contribution in [2.24, 2.45) is 0 Å². The third-order valence-electron chi connectivity index (χ3n) is 3.42. The van der Waals surface area contributed by atoms with Crippen LogP contribution in [-0.2, 0) is 0 Å². The van der Waals surface area contributed by atoms with Crippen LogP contribution in [0.3, 0.4) is 0 Å². The zero-order chi connectivity index (χ0) is 12.5. The fourth-order valence-corrected chi connectivity index (χ4v) is 2.56. The predicted molar refractivity (Wildman–Crippen MR) is 68.7 cm³/mol. The molecule has 4 nitrogen and oxygen atoms in total. The van der Waals surface area contributed by atoms with Gasteiger partial charge in [-0.25, -0.2) is 4.79 Å². The van der Waals surface area contributed by atoms with Crippen LogP contribution in [0, 0.1) is 0 Å². The molecule has 18 heavy (non-hydrogen) atoms. The number of nitrogens with zero attached hydrogens (tertiary/aromatic N) is 1. The summed E-state index contributed by atoms with van der Waals surface area (Å²) in [6, 6.07) is 7.40. The van der Waals surface area contributed by atoms with Gasteiger partial charge in [0.25, 0.3) is 0 Å². The number of carboxylic acids is 1. The van der Waals surface area contributed by atoms with Crippen molar-refractivity contribution in [2.75, 3.05) is 6.54 Å². The molecule has 4 heteroatoms. The summed E-state index contributed by atoms with van der Waals surface area (Å²) < 4.78 is 0. The molecule has 0 spiro atoms. The molecule has 0 aliphatic carbocycles. The molecular weight excluding hydrogens is 228 g/mol. The van der Waals surface area contributed by atoms with E-state index < -0.39 is 5.97 Å². The molecule has 2 heterocycles. The Morgan fingerprint density at radius 3 is 3.06 bits per heavy atom. The monoisotopic (exact) mass is 242 g/mol. The number of hydrogen-bond acceptors (Lipinski definition) is 3. The van der Waals surface area contributed by atoms with Crippen molar-refractivity contribution in [2.45, 2.75) is 18.9 Å². The van der Waals surface area contributed by atoms with Gasteiger partial charge in [-0.15, -0.1) is 0 Å². The molecular formula is C14H14N2O2. The molecule has 2 aromatic rings. The van der Waals surface area contributed by atoms with E-state index in [2.05, 4.69) is 10.3 Å². The van der Waals surface area contributed by atoms with Gasteiger partial charge in [-0.05, 0) is 43.1 Å². The molecule has 92 valence electrons. The Bertz CT molecular complexity index is 604. The maximum atomic E-state index is 11.2. The Balaban J connectivity index is 2.22. The van der Waals surface area contributed by atoms with Gasteiger partial charge in [-0.1, -0.05) is 6.07 Å². The number of benzene rings is 1. The van der Waals surface area contributed by atoms with Crippen molar-refractivity contribution < 1.29 is 9.90 Å². The summed E-state index contributed by atoms with van der Waals surface area (Å²) in [4.78, 5) is 15.6. The van der Waals surface area contributed by atoms with Gasteiger partial charge in [0.05, 0.1) is 11.1 Å². The van der Waals surface area contributed by atoms with Crippen LogP contribution in [0.15, 0.2) is 30.5 Å². The summed E-state index contributed by atoms with van der Waals surface area (Å²) in [7, 11) is 0. The smallest absolute Gasteiger partial charge is 0.335 e. The molecule has 1 aliphatic rings. The quantitative estimate of drug-likeness (QED) is 0.848. The van der Waals surface area contributed by atoms with Crippen molar-refractivity contribution in [1.29, 1.82) is 0 Å². The number of pyridine rings is 1. The molecule has 1 unspecified atom stereocenters. The lowest BCUT2D eigenvalue weighted by molar-refractivity contribution is 0.0697. The van der Waals surface area contributed by atoms with Crippen LogP contribution in [0.5, 0.6) is 0 Å². The van der Waals surface area contributed by atoms with Gasteiger partial charge < -0.3 is 10.4 Å². The Hall–Kier alpha value is -1.94. The number of carboxylic acid groups (broad SMARTS) is 1. The van der Waals surface area contributed by atoms with Crippen molar-refractivity contribution in [1.82, 2.24) is 10.3 Å². The first-order valence-corrected chi connectivity index (χ1v) is 6.11. The minimum Gasteiger partial charge on any atom is -0.478 e. The van der Waals surface area contributed by atoms with Gasteiger partial charge in [0.1, 0.15) is 0 Å². The maximum absolute atomic E-state index is 11.2. The van der Waals surface area contributed by atoms with E-state index in [1.165, 1.54) is 0 Å². The van der Waals surface area contributed by atoms with Gasteiger partial charge in [-0.2, -0.15) is 0 Å². The van der Waals surface area contributed by atoms with Crippen LogP contribution in [0.2, 0.25) is 0 Å². The lowest BCUT2D eigenvalue weighted by atomic mass is 9.98. The van der Waals surface area contributed by atoms with Gasteiger partial charge in [0, 0.05) is 17.6 Å². The van der Waals surface area contributed by atoms with Crippen LogP contribution < -0.4 is 5.32 Å². The van der Waals surface area contributed by atoms with E-state index in [0.29, 0.717) is 5.56 Å². The Morgan fingerprint density at radius 1 is 1.44 bits per heavy atom. The lowest BCUT2D eigenvalue weighted by Gasteiger charge is -2.14. The summed E-state index contributed by atoms with van der Waals surface area (Å²) in [5.74, 6) is -0.889. The lowest BCUT2D eigenvalue weighted by Crippen LogP contribution is -2.14. The van der Waals surface area contributed by atoms with Gasteiger partial charge >= 0.3 is 5.97 Å². The highest BCUT2D eigenvalue weighted by Gasteiger charge is 2.20. The first-order chi connectivity index (χ1) is 8.75. The Labute approximate surface area is 105 Å². The molecule has 0 radical (unpaired) electrons. The molecule has 0 amide bonds. The summed E-state index contributed by atoms with van der Waals surface area (Å²) in [6.07, 6.45) is 3.91. The average molecular weight is 242 g/mol. The SMILES string of the molecule is O=C(O)c1cc(C2CCCN2)c2ncccc2c1. The number of aromatic carboxylic acids is 1. The van der Waals surface area contributed by atoms with E-state index >= 15 is 0 Å². The second kappa shape index (κ2) is 4.38. The third kappa shape index (κ3) is 1.84. The van der Waals surface area contributed by atoms with Gasteiger partial charge in [0.15, 0.2) is 0 Å². The van der Waals surface area contributed by atoms with E-state index in [4.69, 9.17) is 0 Å². The zero-order valence-electron chi connectivity index (χ0n) is 9.89. The zero-order valence-corrected chi connectivity index (χ0v) is 9.89. The molecule has 2 N–H and O–H groups in total. The summed E-state index contributed by atoms with van der Waals surface area (Å²) in [6.45, 7) is 0.982. The summed E-state index contributed by atoms with van der Waals surface area (Å²) >= 11 is 0. The number of hydrogen-bond donors (Lipinski definition) is 2. The minimum absolute atomic E-state index is 0.224. The van der Waals surface area contributed by atoms with E-state index in [0.717, 1.165) is 35.9 Å². The molecule has 1 fully saturated rings. The molecule has 1 atom stereocenters. The second-order valence-electron chi connectivity index (χ2n) is 4.59. The summed E-state index contributed by atoms with van der Waals surface area (Å²) in [5.41, 5.74) is 2.24. The van der Waals surface area contributed by atoms with Crippen molar-refractivity contribution in [3.63, 3.8) is 0 Å². The second-order valence-corrected chi connectivity index (χ2v) is 4.59. The van der Waals surface area contributed by atoms with Crippen LogP contribution in [0.4, 0.5) is 0 Å². The Kier molecular flexibility index (Phi) is 2.72. The van der Waals surface area contributed by atoms with Crippen LogP contribution in [0.25, 0.3) is 10.9 Å². The number of aromatic nitrogens is 1. The van der Waals surface area contributed by atoms with Crippen LogP contribution in [0.1, 0.15) is 34.8 Å². The molecule has 1 aromatic carbocycles. The van der Waals surface area contributed by atoms with Gasteiger partial charge in [-0.3, -0.25) is 4.98 Å². The fourth-order valence-electron chi connectivity index (χ4n) is 2.56. The molecule has 1 aromatic heterocycles. The molecule has 1 aliphatic heterocycles. The van der Waals surface area contributed by atoms with Crippen molar-refractivity contribution in [3.8, 4) is 0 Å². The number of nitrogens with one attached hydrogen (secondary N) is 1. The summed E-state index contributed by atoms with van der Waals surface area (Å²) in [5, 5.41) is 13.5. The normalized spacial score (nSPS) is 19.2. The Morgan fingerprint density at radius 2 is 2.33 bits per heavy atom. The predicted octanol–water partition coefficient (Wildman–Crippen LogP) is 2.36. The topological polar surface area (TPSA) is 62.2 Å². The van der Waals surface area contributed by atoms with E-state index in [-0.39, 0.29) is 6.04 Å². The molecule has 3 rings (SSSR count). The number of fused-ring (bicyclic) bond motifs is 1. The molecule has 1 saturated heterocycles. The maximum Gasteiger partial charge on any atom is 0.335 e. The van der Waals surface area contributed by atoms with E-state index in [9.17, 15) is 9.90 Å². The highest BCUT2D eigenvalue weighted by Crippen LogP contribution is 2.29. The van der Waals surface area contributed by atoms with Gasteiger partial charge in [0.2, 0.25) is 0 Å². The first-order valence-electron chi connectivity index (χ1n) is 6.11. The fraction of sp³-hybridized carbons (Fsp3) is 0.286. The van der Waals surface area contributed by atoms with Crippen molar-refractivity contribution >= 4 is 16.9 Å². The van der Waals surface area contributed by atoms with Crippen molar-refractivity contribution in [3.05, 3.63) is 41.6 Å². The highest BCUT2D eigenvalue weighted by molar-refractivity contribution is 5.94.